The minimum atomic E-state index is 0.0461. The summed E-state index contributed by atoms with van der Waals surface area (Å²) in [6.07, 6.45) is 4.27. The lowest BCUT2D eigenvalue weighted by Crippen LogP contribution is -2.18. The van der Waals surface area contributed by atoms with Crippen LogP contribution in [0.3, 0.4) is 0 Å². The number of unbranched alkanes of at least 4 members (excludes halogenated alkanes) is 1. The van der Waals surface area contributed by atoms with Gasteiger partial charge in [0.25, 0.3) is 0 Å². The minimum Gasteiger partial charge on any atom is -0.394 e. The van der Waals surface area contributed by atoms with Crippen molar-refractivity contribution in [3.63, 3.8) is 0 Å². The van der Waals surface area contributed by atoms with Gasteiger partial charge in [-0.05, 0) is 18.6 Å². The van der Waals surface area contributed by atoms with Crippen LogP contribution in [0.25, 0.3) is 0 Å². The SMILES string of the molecule is CCCCC(CO)OCCCS. The summed E-state index contributed by atoms with van der Waals surface area (Å²) < 4.78 is 5.43. The van der Waals surface area contributed by atoms with Crippen LogP contribution in [0.4, 0.5) is 0 Å². The van der Waals surface area contributed by atoms with Gasteiger partial charge >= 0.3 is 0 Å². The second kappa shape index (κ2) is 9.36. The van der Waals surface area contributed by atoms with Gasteiger partial charge in [0.05, 0.1) is 12.7 Å². The van der Waals surface area contributed by atoms with Gasteiger partial charge in [0.15, 0.2) is 0 Å². The summed E-state index contributed by atoms with van der Waals surface area (Å²) in [6.45, 7) is 3.01. The van der Waals surface area contributed by atoms with E-state index in [9.17, 15) is 0 Å². The highest BCUT2D eigenvalue weighted by Gasteiger charge is 2.05. The molecule has 0 saturated heterocycles. The van der Waals surface area contributed by atoms with Crippen LogP contribution in [0, 0.1) is 0 Å². The van der Waals surface area contributed by atoms with E-state index >= 15 is 0 Å². The van der Waals surface area contributed by atoms with Gasteiger partial charge in [0, 0.05) is 6.61 Å². The summed E-state index contributed by atoms with van der Waals surface area (Å²) in [6, 6.07) is 0. The molecule has 1 unspecified atom stereocenters. The number of hydrogen-bond donors (Lipinski definition) is 2. The molecule has 0 radical (unpaired) electrons. The molecule has 0 aliphatic heterocycles. The topological polar surface area (TPSA) is 29.5 Å². The zero-order valence-electron chi connectivity index (χ0n) is 7.83. The van der Waals surface area contributed by atoms with E-state index in [0.29, 0.717) is 0 Å². The Morgan fingerprint density at radius 2 is 2.17 bits per heavy atom. The Bertz CT molecular complexity index is 88.6. The first-order chi connectivity index (χ1) is 5.85. The predicted molar refractivity (Wildman–Crippen MR) is 54.8 cm³/mol. The van der Waals surface area contributed by atoms with E-state index in [0.717, 1.165) is 38.0 Å². The molecule has 12 heavy (non-hydrogen) atoms. The summed E-state index contributed by atoms with van der Waals surface area (Å²) in [5, 5.41) is 8.91. The summed E-state index contributed by atoms with van der Waals surface area (Å²) >= 11 is 4.08. The largest absolute Gasteiger partial charge is 0.394 e. The van der Waals surface area contributed by atoms with Crippen molar-refractivity contribution in [1.29, 1.82) is 0 Å². The molecule has 0 amide bonds. The zero-order chi connectivity index (χ0) is 9.23. The van der Waals surface area contributed by atoms with Crippen molar-refractivity contribution in [2.45, 2.75) is 38.7 Å². The van der Waals surface area contributed by atoms with Crippen LogP contribution in [0.5, 0.6) is 0 Å². The highest BCUT2D eigenvalue weighted by atomic mass is 32.1. The molecule has 0 aromatic rings. The molecule has 1 atom stereocenters. The summed E-state index contributed by atoms with van der Waals surface area (Å²) in [7, 11) is 0. The van der Waals surface area contributed by atoms with Crippen LogP contribution >= 0.6 is 12.6 Å². The first-order valence-electron chi connectivity index (χ1n) is 4.68. The first kappa shape index (κ1) is 12.3. The van der Waals surface area contributed by atoms with Gasteiger partial charge in [-0.1, -0.05) is 19.8 Å². The molecular formula is C9H20O2S. The monoisotopic (exact) mass is 192 g/mol. The van der Waals surface area contributed by atoms with Crippen molar-refractivity contribution in [3.8, 4) is 0 Å². The third-order valence-corrected chi connectivity index (χ3v) is 2.06. The van der Waals surface area contributed by atoms with Crippen molar-refractivity contribution in [2.24, 2.45) is 0 Å². The molecule has 0 spiro atoms. The standard InChI is InChI=1S/C9H20O2S/c1-2-3-5-9(8-10)11-6-4-7-12/h9-10,12H,2-8H2,1H3. The lowest BCUT2D eigenvalue weighted by molar-refractivity contribution is 0.00769. The zero-order valence-corrected chi connectivity index (χ0v) is 8.72. The fraction of sp³-hybridized carbons (Fsp3) is 1.00. The van der Waals surface area contributed by atoms with E-state index in [1.54, 1.807) is 0 Å². The molecule has 0 heterocycles. The highest BCUT2D eigenvalue weighted by molar-refractivity contribution is 7.80. The van der Waals surface area contributed by atoms with Crippen molar-refractivity contribution in [2.75, 3.05) is 19.0 Å². The number of aliphatic hydroxyl groups is 1. The van der Waals surface area contributed by atoms with Crippen LogP contribution in [-0.4, -0.2) is 30.2 Å². The van der Waals surface area contributed by atoms with Gasteiger partial charge in [0.2, 0.25) is 0 Å². The molecule has 1 N–H and O–H groups in total. The Balaban J connectivity index is 3.26. The molecule has 3 heteroatoms. The van der Waals surface area contributed by atoms with Crippen LogP contribution < -0.4 is 0 Å². The number of thiol groups is 1. The maximum atomic E-state index is 8.91. The smallest absolute Gasteiger partial charge is 0.0805 e. The molecule has 0 aliphatic carbocycles. The number of hydrogen-bond acceptors (Lipinski definition) is 3. The Kier molecular flexibility index (Phi) is 9.57. The first-order valence-corrected chi connectivity index (χ1v) is 5.31. The quantitative estimate of drug-likeness (QED) is 0.454. The van der Waals surface area contributed by atoms with Gasteiger partial charge < -0.3 is 9.84 Å². The molecule has 0 aromatic carbocycles. The number of aliphatic hydroxyl groups excluding tert-OH is 1. The normalized spacial score (nSPS) is 13.2. The van der Waals surface area contributed by atoms with Crippen LogP contribution in [0.15, 0.2) is 0 Å². The van der Waals surface area contributed by atoms with Crippen molar-refractivity contribution >= 4 is 12.6 Å². The van der Waals surface area contributed by atoms with Crippen LogP contribution in [0.1, 0.15) is 32.6 Å². The van der Waals surface area contributed by atoms with E-state index in [-0.39, 0.29) is 12.7 Å². The van der Waals surface area contributed by atoms with E-state index in [1.165, 1.54) is 0 Å². The summed E-state index contributed by atoms with van der Waals surface area (Å²) in [4.78, 5) is 0. The predicted octanol–water partition coefficient (Wildman–Crippen LogP) is 1.87. The average molecular weight is 192 g/mol. The lowest BCUT2D eigenvalue weighted by Gasteiger charge is -2.14. The third-order valence-electron chi connectivity index (χ3n) is 1.74. The van der Waals surface area contributed by atoms with Crippen LogP contribution in [0.2, 0.25) is 0 Å². The van der Waals surface area contributed by atoms with E-state index < -0.39 is 0 Å². The second-order valence-electron chi connectivity index (χ2n) is 2.89. The molecule has 2 nitrogen and oxygen atoms in total. The molecular weight excluding hydrogens is 172 g/mol. The van der Waals surface area contributed by atoms with Gasteiger partial charge in [-0.3, -0.25) is 0 Å². The number of rotatable bonds is 8. The summed E-state index contributed by atoms with van der Waals surface area (Å²) in [5.74, 6) is 0.853. The average Bonchev–Trinajstić information content (AvgIpc) is 2.11. The Morgan fingerprint density at radius 3 is 2.67 bits per heavy atom. The summed E-state index contributed by atoms with van der Waals surface area (Å²) in [5.41, 5.74) is 0. The second-order valence-corrected chi connectivity index (χ2v) is 3.34. The van der Waals surface area contributed by atoms with E-state index in [1.807, 2.05) is 0 Å². The molecule has 0 bridgehead atoms. The Hall–Kier alpha value is 0.270. The van der Waals surface area contributed by atoms with Gasteiger partial charge in [-0.2, -0.15) is 12.6 Å². The van der Waals surface area contributed by atoms with E-state index in [2.05, 4.69) is 19.6 Å². The highest BCUT2D eigenvalue weighted by Crippen LogP contribution is 2.04. The van der Waals surface area contributed by atoms with Gasteiger partial charge in [0.1, 0.15) is 0 Å². The van der Waals surface area contributed by atoms with Gasteiger partial charge in [-0.15, -0.1) is 0 Å². The van der Waals surface area contributed by atoms with Crippen LogP contribution in [-0.2, 0) is 4.74 Å². The van der Waals surface area contributed by atoms with Crippen molar-refractivity contribution in [3.05, 3.63) is 0 Å². The molecule has 74 valence electrons. The molecule has 0 saturated carbocycles. The third kappa shape index (κ3) is 6.95. The molecule has 0 aliphatic rings. The fourth-order valence-electron chi connectivity index (χ4n) is 0.974. The minimum absolute atomic E-state index is 0.0461. The molecule has 0 aromatic heterocycles. The van der Waals surface area contributed by atoms with E-state index in [4.69, 9.17) is 9.84 Å². The molecule has 0 rings (SSSR count). The Morgan fingerprint density at radius 1 is 1.42 bits per heavy atom. The lowest BCUT2D eigenvalue weighted by atomic mass is 10.2. The Labute approximate surface area is 80.7 Å². The van der Waals surface area contributed by atoms with Crippen molar-refractivity contribution in [1.82, 2.24) is 0 Å². The number of ether oxygens (including phenoxy) is 1. The molecule has 0 fully saturated rings. The fourth-order valence-corrected chi connectivity index (χ4v) is 1.10. The van der Waals surface area contributed by atoms with Gasteiger partial charge in [-0.25, -0.2) is 0 Å². The maximum Gasteiger partial charge on any atom is 0.0805 e. The van der Waals surface area contributed by atoms with Crippen molar-refractivity contribution < 1.29 is 9.84 Å². The maximum absolute atomic E-state index is 8.91.